The van der Waals surface area contributed by atoms with E-state index in [0.29, 0.717) is 4.47 Å². The van der Waals surface area contributed by atoms with Crippen LogP contribution in [0.15, 0.2) is 45.3 Å². The maximum absolute atomic E-state index is 13.1. The number of methoxy groups -OCH3 is 1. The van der Waals surface area contributed by atoms with E-state index in [1.807, 2.05) is 18.2 Å². The van der Waals surface area contributed by atoms with Gasteiger partial charge in [0.1, 0.15) is 11.6 Å². The van der Waals surface area contributed by atoms with Gasteiger partial charge < -0.3 is 10.5 Å². The Kier molecular flexibility index (Phi) is 4.60. The molecular weight excluding hydrogens is 377 g/mol. The van der Waals surface area contributed by atoms with Crippen LogP contribution in [0.3, 0.4) is 0 Å². The highest BCUT2D eigenvalue weighted by atomic mass is 79.9. The van der Waals surface area contributed by atoms with Gasteiger partial charge in [0.05, 0.1) is 13.2 Å². The van der Waals surface area contributed by atoms with Crippen LogP contribution in [0.5, 0.6) is 5.75 Å². The lowest BCUT2D eigenvalue weighted by atomic mass is 9.99. The van der Waals surface area contributed by atoms with Crippen molar-refractivity contribution in [1.82, 2.24) is 0 Å². The lowest BCUT2D eigenvalue weighted by Crippen LogP contribution is -2.13. The summed E-state index contributed by atoms with van der Waals surface area (Å²) in [6, 6.07) is 9.73. The molecule has 2 nitrogen and oxygen atoms in total. The average Bonchev–Trinajstić information content (AvgIpc) is 2.37. The molecule has 0 aliphatic rings. The first kappa shape index (κ1) is 14.5. The number of hydrogen-bond donors (Lipinski definition) is 1. The van der Waals surface area contributed by atoms with E-state index in [4.69, 9.17) is 10.5 Å². The summed E-state index contributed by atoms with van der Waals surface area (Å²) in [6.07, 6.45) is 0. The Balaban J connectivity index is 2.41. The van der Waals surface area contributed by atoms with Crippen LogP contribution >= 0.6 is 31.9 Å². The fraction of sp³-hybridized carbons (Fsp3) is 0.143. The molecule has 2 rings (SSSR count). The van der Waals surface area contributed by atoms with Gasteiger partial charge >= 0.3 is 0 Å². The molecule has 0 aliphatic carbocycles. The Morgan fingerprint density at radius 3 is 2.16 bits per heavy atom. The Bertz CT molecular complexity index is 604. The van der Waals surface area contributed by atoms with Crippen molar-refractivity contribution in [2.45, 2.75) is 6.04 Å². The predicted molar refractivity (Wildman–Crippen MR) is 80.8 cm³/mol. The van der Waals surface area contributed by atoms with E-state index < -0.39 is 0 Å². The summed E-state index contributed by atoms with van der Waals surface area (Å²) < 4.78 is 19.8. The molecule has 0 saturated carbocycles. The van der Waals surface area contributed by atoms with Gasteiger partial charge in [0.2, 0.25) is 0 Å². The van der Waals surface area contributed by atoms with Crippen LogP contribution in [0.25, 0.3) is 0 Å². The van der Waals surface area contributed by atoms with Crippen molar-refractivity contribution in [2.24, 2.45) is 5.73 Å². The molecule has 5 heteroatoms. The van der Waals surface area contributed by atoms with Crippen molar-refractivity contribution < 1.29 is 9.13 Å². The van der Waals surface area contributed by atoms with Crippen molar-refractivity contribution >= 4 is 31.9 Å². The van der Waals surface area contributed by atoms with Gasteiger partial charge in [-0.1, -0.05) is 44.0 Å². The van der Waals surface area contributed by atoms with Crippen molar-refractivity contribution in [3.63, 3.8) is 0 Å². The largest absolute Gasteiger partial charge is 0.497 e. The Hall–Kier alpha value is -0.910. The molecule has 0 bridgehead atoms. The molecule has 0 aliphatic heterocycles. The maximum atomic E-state index is 13.1. The van der Waals surface area contributed by atoms with Gasteiger partial charge in [-0.25, -0.2) is 4.39 Å². The zero-order valence-corrected chi connectivity index (χ0v) is 13.3. The zero-order valence-electron chi connectivity index (χ0n) is 10.2. The van der Waals surface area contributed by atoms with E-state index in [0.717, 1.165) is 21.3 Å². The highest BCUT2D eigenvalue weighted by molar-refractivity contribution is 9.10. The second-order valence-corrected chi connectivity index (χ2v) is 5.74. The molecule has 0 radical (unpaired) electrons. The lowest BCUT2D eigenvalue weighted by Gasteiger charge is -2.16. The molecule has 2 N–H and O–H groups in total. The molecule has 0 saturated heterocycles. The van der Waals surface area contributed by atoms with Crippen LogP contribution in [-0.4, -0.2) is 7.11 Å². The molecule has 2 aromatic carbocycles. The van der Waals surface area contributed by atoms with Gasteiger partial charge in [0.15, 0.2) is 0 Å². The normalized spacial score (nSPS) is 12.3. The summed E-state index contributed by atoms with van der Waals surface area (Å²) in [6.45, 7) is 0. The number of hydrogen-bond acceptors (Lipinski definition) is 2. The molecule has 100 valence electrons. The first-order valence-corrected chi connectivity index (χ1v) is 7.15. The second kappa shape index (κ2) is 6.03. The lowest BCUT2D eigenvalue weighted by molar-refractivity contribution is 0.414. The molecule has 0 fully saturated rings. The Labute approximate surface area is 128 Å². The molecule has 2 aromatic rings. The van der Waals surface area contributed by atoms with Crippen molar-refractivity contribution in [3.05, 3.63) is 62.3 Å². The highest BCUT2D eigenvalue weighted by Crippen LogP contribution is 2.33. The number of ether oxygens (including phenoxy) is 1. The number of halogens is 3. The molecule has 0 spiro atoms. The third-order valence-corrected chi connectivity index (χ3v) is 4.21. The van der Waals surface area contributed by atoms with Gasteiger partial charge in [-0.15, -0.1) is 0 Å². The smallest absolute Gasteiger partial charge is 0.124 e. The van der Waals surface area contributed by atoms with Gasteiger partial charge in [0, 0.05) is 8.95 Å². The minimum Gasteiger partial charge on any atom is -0.497 e. The second-order valence-electron chi connectivity index (χ2n) is 4.03. The standard InChI is InChI=1S/C14H12Br2FNO/c1-19-9-3-5-11(13(16)7-9)14(18)10-4-2-8(17)6-12(10)15/h2-7,14H,18H2,1H3. The van der Waals surface area contributed by atoms with Gasteiger partial charge in [-0.2, -0.15) is 0 Å². The minimum absolute atomic E-state index is 0.295. The topological polar surface area (TPSA) is 35.2 Å². The first-order chi connectivity index (χ1) is 9.02. The Morgan fingerprint density at radius 1 is 1.05 bits per heavy atom. The molecule has 0 amide bonds. The quantitative estimate of drug-likeness (QED) is 0.845. The molecule has 1 atom stereocenters. The zero-order chi connectivity index (χ0) is 14.0. The van der Waals surface area contributed by atoms with E-state index in [9.17, 15) is 4.39 Å². The summed E-state index contributed by atoms with van der Waals surface area (Å²) in [5.74, 6) is 0.456. The third-order valence-electron chi connectivity index (χ3n) is 2.84. The van der Waals surface area contributed by atoms with E-state index >= 15 is 0 Å². The molecule has 0 aromatic heterocycles. The van der Waals surface area contributed by atoms with E-state index in [1.165, 1.54) is 12.1 Å². The van der Waals surface area contributed by atoms with E-state index in [1.54, 1.807) is 13.2 Å². The van der Waals surface area contributed by atoms with Crippen molar-refractivity contribution in [1.29, 1.82) is 0 Å². The fourth-order valence-corrected chi connectivity index (χ4v) is 3.01. The van der Waals surface area contributed by atoms with Crippen molar-refractivity contribution in [3.8, 4) is 5.75 Å². The van der Waals surface area contributed by atoms with Crippen LogP contribution < -0.4 is 10.5 Å². The monoisotopic (exact) mass is 387 g/mol. The average molecular weight is 389 g/mol. The minimum atomic E-state index is -0.352. The number of benzene rings is 2. The molecule has 1 unspecified atom stereocenters. The number of nitrogens with two attached hydrogens (primary N) is 1. The predicted octanol–water partition coefficient (Wildman–Crippen LogP) is 4.41. The summed E-state index contributed by atoms with van der Waals surface area (Å²) in [5, 5.41) is 0. The number of rotatable bonds is 3. The van der Waals surface area contributed by atoms with Gasteiger partial charge in [0.25, 0.3) is 0 Å². The highest BCUT2D eigenvalue weighted by Gasteiger charge is 2.16. The van der Waals surface area contributed by atoms with Crippen molar-refractivity contribution in [2.75, 3.05) is 7.11 Å². The molecular formula is C14H12Br2FNO. The van der Waals surface area contributed by atoms with Gasteiger partial charge in [-0.3, -0.25) is 0 Å². The summed E-state index contributed by atoms with van der Waals surface area (Å²) in [7, 11) is 1.61. The van der Waals surface area contributed by atoms with Crippen LogP contribution in [0, 0.1) is 5.82 Å². The van der Waals surface area contributed by atoms with E-state index in [2.05, 4.69) is 31.9 Å². The fourth-order valence-electron chi connectivity index (χ4n) is 1.81. The molecule has 0 heterocycles. The first-order valence-electron chi connectivity index (χ1n) is 5.57. The SMILES string of the molecule is COc1ccc(C(N)c2ccc(F)cc2Br)c(Br)c1. The van der Waals surface area contributed by atoms with Crippen LogP contribution in [0.2, 0.25) is 0 Å². The summed E-state index contributed by atoms with van der Waals surface area (Å²) >= 11 is 6.81. The maximum Gasteiger partial charge on any atom is 0.124 e. The summed E-state index contributed by atoms with van der Waals surface area (Å²) in [4.78, 5) is 0. The van der Waals surface area contributed by atoms with Crippen LogP contribution in [0.4, 0.5) is 4.39 Å². The molecule has 19 heavy (non-hydrogen) atoms. The van der Waals surface area contributed by atoms with Gasteiger partial charge in [-0.05, 0) is 35.4 Å². The van der Waals surface area contributed by atoms with E-state index in [-0.39, 0.29) is 11.9 Å². The van der Waals surface area contributed by atoms with Crippen LogP contribution in [0.1, 0.15) is 17.2 Å². The Morgan fingerprint density at radius 2 is 1.63 bits per heavy atom. The summed E-state index contributed by atoms with van der Waals surface area (Å²) in [5.41, 5.74) is 7.97. The third kappa shape index (κ3) is 3.16. The van der Waals surface area contributed by atoms with Crippen LogP contribution in [-0.2, 0) is 0 Å².